The molecule has 4 aromatic rings. The first-order valence-corrected chi connectivity index (χ1v) is 13.1. The summed E-state index contributed by atoms with van der Waals surface area (Å²) < 4.78 is 17.0. The molecule has 1 heterocycles. The van der Waals surface area contributed by atoms with E-state index in [4.69, 9.17) is 37.4 Å². The lowest BCUT2D eigenvalue weighted by molar-refractivity contribution is 0.288. The normalized spacial score (nSPS) is 10.6. The van der Waals surface area contributed by atoms with E-state index in [1.165, 1.54) is 13.3 Å². The number of pyridine rings is 1. The number of nitrogens with zero attached hydrogens (tertiary/aromatic N) is 2. The van der Waals surface area contributed by atoms with E-state index in [-0.39, 0.29) is 0 Å². The van der Waals surface area contributed by atoms with Crippen LogP contribution >= 0.6 is 23.2 Å². The van der Waals surface area contributed by atoms with Crippen molar-refractivity contribution in [1.82, 2.24) is 10.3 Å². The number of anilines is 3. The summed E-state index contributed by atoms with van der Waals surface area (Å²) in [6.45, 7) is 3.00. The molecule has 0 aliphatic heterocycles. The van der Waals surface area contributed by atoms with Crippen molar-refractivity contribution in [3.63, 3.8) is 0 Å². The molecule has 0 amide bonds. The molecule has 0 saturated heterocycles. The Morgan fingerprint density at radius 2 is 1.69 bits per heavy atom. The smallest absolute Gasteiger partial charge is 0.163 e. The largest absolute Gasteiger partial charge is 0.495 e. The maximum absolute atomic E-state index is 9.76. The van der Waals surface area contributed by atoms with Gasteiger partial charge in [-0.1, -0.05) is 41.4 Å². The number of halogens is 2. The number of hydrogen-bond acceptors (Lipinski definition) is 8. The van der Waals surface area contributed by atoms with Gasteiger partial charge in [0.1, 0.15) is 11.8 Å². The predicted octanol–water partition coefficient (Wildman–Crippen LogP) is 6.64. The lowest BCUT2D eigenvalue weighted by atomic mass is 10.1. The summed E-state index contributed by atoms with van der Waals surface area (Å²) in [5.74, 6) is 1.56. The van der Waals surface area contributed by atoms with E-state index in [9.17, 15) is 5.26 Å². The average Bonchev–Trinajstić information content (AvgIpc) is 2.96. The molecular weight excluding hydrogens is 537 g/mol. The molecule has 10 heteroatoms. The summed E-state index contributed by atoms with van der Waals surface area (Å²) in [6, 6.07) is 19.2. The number of hydrogen-bond donors (Lipinski definition) is 3. The Bertz CT molecular complexity index is 1460. The van der Waals surface area contributed by atoms with Gasteiger partial charge in [-0.05, 0) is 37.2 Å². The quantitative estimate of drug-likeness (QED) is 0.155. The van der Waals surface area contributed by atoms with Crippen molar-refractivity contribution in [2.75, 3.05) is 51.1 Å². The molecule has 0 bridgehead atoms. The third-order valence-electron chi connectivity index (χ3n) is 5.94. The molecule has 3 aromatic carbocycles. The number of benzene rings is 3. The maximum atomic E-state index is 9.76. The van der Waals surface area contributed by atoms with Gasteiger partial charge in [-0.2, -0.15) is 5.26 Å². The van der Waals surface area contributed by atoms with Crippen LogP contribution in [0.1, 0.15) is 12.0 Å². The molecule has 0 fully saturated rings. The van der Waals surface area contributed by atoms with Gasteiger partial charge in [0.2, 0.25) is 0 Å². The number of aromatic nitrogens is 1. The third-order valence-corrected chi connectivity index (χ3v) is 6.54. The Labute approximate surface area is 237 Å². The van der Waals surface area contributed by atoms with Crippen molar-refractivity contribution < 1.29 is 14.2 Å². The van der Waals surface area contributed by atoms with Gasteiger partial charge >= 0.3 is 0 Å². The van der Waals surface area contributed by atoms with Crippen molar-refractivity contribution >= 4 is 51.2 Å². The first-order valence-electron chi connectivity index (χ1n) is 12.4. The number of fused-ring (bicyclic) bond motifs is 1. The third kappa shape index (κ3) is 7.15. The maximum Gasteiger partial charge on any atom is 0.163 e. The Morgan fingerprint density at radius 1 is 0.897 bits per heavy atom. The fourth-order valence-electron chi connectivity index (χ4n) is 3.96. The lowest BCUT2D eigenvalue weighted by Crippen LogP contribution is -2.24. The summed E-state index contributed by atoms with van der Waals surface area (Å²) in [6.07, 6.45) is 2.33. The first-order chi connectivity index (χ1) is 19.0. The van der Waals surface area contributed by atoms with Crippen LogP contribution in [-0.2, 0) is 0 Å². The average molecular weight is 566 g/mol. The standard InChI is InChI=1S/C29H29Cl2N5O3/c1-37-26-16-25(22(30)14-23(26)31)36-29-19(17-32)18-35-24-15-28(27(38-2)13-21(24)29)39-12-6-9-33-10-11-34-20-7-4-3-5-8-20/h3-5,7-8,13-16,18,33-34H,6,9-12H2,1-2H3,(H,35,36). The summed E-state index contributed by atoms with van der Waals surface area (Å²) in [4.78, 5) is 4.47. The molecule has 0 saturated carbocycles. The minimum absolute atomic E-state index is 0.344. The van der Waals surface area contributed by atoms with Gasteiger partial charge in [-0.15, -0.1) is 0 Å². The Hall–Kier alpha value is -3.90. The van der Waals surface area contributed by atoms with Gasteiger partial charge < -0.3 is 30.2 Å². The zero-order valence-corrected chi connectivity index (χ0v) is 23.2. The number of rotatable bonds is 13. The van der Waals surface area contributed by atoms with Crippen LogP contribution in [0.5, 0.6) is 17.2 Å². The van der Waals surface area contributed by atoms with Gasteiger partial charge in [-0.25, -0.2) is 0 Å². The minimum atomic E-state index is 0.344. The van der Waals surface area contributed by atoms with Crippen molar-refractivity contribution in [3.05, 3.63) is 76.4 Å². The number of para-hydroxylation sites is 1. The monoisotopic (exact) mass is 565 g/mol. The summed E-state index contributed by atoms with van der Waals surface area (Å²) in [7, 11) is 3.10. The molecule has 202 valence electrons. The van der Waals surface area contributed by atoms with Crippen LogP contribution in [-0.4, -0.2) is 45.4 Å². The number of ether oxygens (including phenoxy) is 3. The molecule has 8 nitrogen and oxygen atoms in total. The fourth-order valence-corrected chi connectivity index (χ4v) is 4.47. The van der Waals surface area contributed by atoms with Crippen LogP contribution in [0.25, 0.3) is 10.9 Å². The van der Waals surface area contributed by atoms with Crippen LogP contribution in [0.3, 0.4) is 0 Å². The minimum Gasteiger partial charge on any atom is -0.495 e. The zero-order chi connectivity index (χ0) is 27.6. The van der Waals surface area contributed by atoms with Gasteiger partial charge in [0.25, 0.3) is 0 Å². The number of methoxy groups -OCH3 is 2. The molecule has 3 N–H and O–H groups in total. The van der Waals surface area contributed by atoms with Gasteiger partial charge in [0, 0.05) is 42.5 Å². The Morgan fingerprint density at radius 3 is 2.44 bits per heavy atom. The van der Waals surface area contributed by atoms with Crippen LogP contribution in [0.4, 0.5) is 17.1 Å². The van der Waals surface area contributed by atoms with Crippen LogP contribution in [0.15, 0.2) is 60.8 Å². The van der Waals surface area contributed by atoms with E-state index in [0.29, 0.717) is 61.7 Å². The molecule has 0 aliphatic rings. The van der Waals surface area contributed by atoms with E-state index >= 15 is 0 Å². The van der Waals surface area contributed by atoms with Gasteiger partial charge in [0.05, 0.1) is 53.3 Å². The molecule has 0 unspecified atom stereocenters. The van der Waals surface area contributed by atoms with E-state index in [1.54, 1.807) is 25.3 Å². The van der Waals surface area contributed by atoms with Crippen molar-refractivity contribution in [2.45, 2.75) is 6.42 Å². The Kier molecular flexibility index (Phi) is 9.92. The summed E-state index contributed by atoms with van der Waals surface area (Å²) in [5, 5.41) is 21.2. The second-order valence-electron chi connectivity index (χ2n) is 8.52. The van der Waals surface area contributed by atoms with Crippen molar-refractivity contribution in [3.8, 4) is 23.3 Å². The molecule has 4 rings (SSSR count). The lowest BCUT2D eigenvalue weighted by Gasteiger charge is -2.17. The molecule has 0 aliphatic carbocycles. The van der Waals surface area contributed by atoms with E-state index in [0.717, 1.165) is 31.7 Å². The van der Waals surface area contributed by atoms with Crippen LogP contribution < -0.4 is 30.2 Å². The second-order valence-corrected chi connectivity index (χ2v) is 9.33. The molecular formula is C29H29Cl2N5O3. The van der Waals surface area contributed by atoms with E-state index < -0.39 is 0 Å². The molecule has 1 aromatic heterocycles. The van der Waals surface area contributed by atoms with Crippen LogP contribution in [0.2, 0.25) is 10.0 Å². The van der Waals surface area contributed by atoms with E-state index in [1.807, 2.05) is 36.4 Å². The molecule has 0 spiro atoms. The highest BCUT2D eigenvalue weighted by atomic mass is 35.5. The summed E-state index contributed by atoms with van der Waals surface area (Å²) >= 11 is 12.6. The number of nitriles is 1. The van der Waals surface area contributed by atoms with Crippen molar-refractivity contribution in [1.29, 1.82) is 5.26 Å². The van der Waals surface area contributed by atoms with Crippen molar-refractivity contribution in [2.24, 2.45) is 0 Å². The highest BCUT2D eigenvalue weighted by molar-refractivity contribution is 6.37. The molecule has 0 atom stereocenters. The van der Waals surface area contributed by atoms with Gasteiger partial charge in [-0.3, -0.25) is 4.98 Å². The first kappa shape index (κ1) is 28.1. The summed E-state index contributed by atoms with van der Waals surface area (Å²) in [5.41, 5.74) is 3.15. The Balaban J connectivity index is 1.42. The highest BCUT2D eigenvalue weighted by Gasteiger charge is 2.16. The fraction of sp³-hybridized carbons (Fsp3) is 0.241. The van der Waals surface area contributed by atoms with Gasteiger partial charge in [0.15, 0.2) is 11.5 Å². The number of nitrogens with one attached hydrogen (secondary N) is 3. The van der Waals surface area contributed by atoms with Crippen LogP contribution in [0, 0.1) is 11.3 Å². The SMILES string of the molecule is COc1cc(Nc2c(C#N)cnc3cc(OCCCNCCNc4ccccc4)c(OC)cc23)c(Cl)cc1Cl. The highest BCUT2D eigenvalue weighted by Crippen LogP contribution is 2.40. The molecule has 0 radical (unpaired) electrons. The second kappa shape index (κ2) is 13.8. The topological polar surface area (TPSA) is 100 Å². The zero-order valence-electron chi connectivity index (χ0n) is 21.7. The van der Waals surface area contributed by atoms with E-state index in [2.05, 4.69) is 27.0 Å². The molecule has 39 heavy (non-hydrogen) atoms. The predicted molar refractivity (Wildman–Crippen MR) is 157 cm³/mol.